The van der Waals surface area contributed by atoms with Crippen LogP contribution in [0.5, 0.6) is 0 Å². The summed E-state index contributed by atoms with van der Waals surface area (Å²) in [4.78, 5) is 12.5. The van der Waals surface area contributed by atoms with Gasteiger partial charge in [0.05, 0.1) is 12.3 Å². The number of aryl methyl sites for hydroxylation is 2. The molecular weight excluding hydrogens is 312 g/mol. The van der Waals surface area contributed by atoms with Gasteiger partial charge in [0, 0.05) is 19.0 Å². The van der Waals surface area contributed by atoms with Crippen LogP contribution in [-0.4, -0.2) is 38.0 Å². The Kier molecular flexibility index (Phi) is 5.47. The molecule has 1 aliphatic heterocycles. The number of rotatable bonds is 4. The van der Waals surface area contributed by atoms with Gasteiger partial charge in [-0.15, -0.1) is 0 Å². The van der Waals surface area contributed by atoms with Gasteiger partial charge in [0.2, 0.25) is 15.9 Å². The van der Waals surface area contributed by atoms with E-state index in [1.807, 2.05) is 20.8 Å². The van der Waals surface area contributed by atoms with E-state index in [4.69, 9.17) is 0 Å². The predicted molar refractivity (Wildman–Crippen MR) is 91.6 cm³/mol. The van der Waals surface area contributed by atoms with Gasteiger partial charge in [-0.25, -0.2) is 12.7 Å². The Labute approximate surface area is 139 Å². The number of hydrogen-bond acceptors (Lipinski definition) is 3. The van der Waals surface area contributed by atoms with Crippen molar-refractivity contribution in [2.45, 2.75) is 39.7 Å². The van der Waals surface area contributed by atoms with Crippen molar-refractivity contribution in [1.82, 2.24) is 9.62 Å². The van der Waals surface area contributed by atoms with Crippen LogP contribution < -0.4 is 5.32 Å². The monoisotopic (exact) mass is 338 g/mol. The number of nitrogens with one attached hydrogen (secondary N) is 1. The number of carbonyl (C=O) groups excluding carboxylic acids is 1. The second kappa shape index (κ2) is 7.01. The molecule has 1 N–H and O–H groups in total. The summed E-state index contributed by atoms with van der Waals surface area (Å²) in [7, 11) is -3.15. The van der Waals surface area contributed by atoms with Crippen LogP contribution in [0.15, 0.2) is 18.2 Å². The molecule has 0 aliphatic carbocycles. The van der Waals surface area contributed by atoms with E-state index >= 15 is 0 Å². The third-order valence-corrected chi connectivity index (χ3v) is 5.86. The molecule has 5 nitrogen and oxygen atoms in total. The molecule has 1 fully saturated rings. The Hall–Kier alpha value is -1.40. The van der Waals surface area contributed by atoms with Crippen molar-refractivity contribution in [1.29, 1.82) is 0 Å². The van der Waals surface area contributed by atoms with Crippen LogP contribution in [0.3, 0.4) is 0 Å². The van der Waals surface area contributed by atoms with Gasteiger partial charge >= 0.3 is 0 Å². The molecule has 1 aromatic rings. The Morgan fingerprint density at radius 3 is 2.43 bits per heavy atom. The first-order chi connectivity index (χ1) is 10.7. The van der Waals surface area contributed by atoms with Gasteiger partial charge in [-0.2, -0.15) is 0 Å². The van der Waals surface area contributed by atoms with E-state index in [-0.39, 0.29) is 17.9 Å². The molecule has 128 valence electrons. The van der Waals surface area contributed by atoms with E-state index in [1.165, 1.54) is 16.1 Å². The van der Waals surface area contributed by atoms with Crippen LogP contribution in [0.25, 0.3) is 0 Å². The first-order valence-corrected chi connectivity index (χ1v) is 9.86. The third-order valence-electron chi connectivity index (χ3n) is 4.55. The number of benzene rings is 1. The topological polar surface area (TPSA) is 66.5 Å². The van der Waals surface area contributed by atoms with Crippen LogP contribution in [0, 0.1) is 19.8 Å². The van der Waals surface area contributed by atoms with Crippen LogP contribution in [-0.2, 0) is 14.8 Å². The van der Waals surface area contributed by atoms with Crippen molar-refractivity contribution in [3.05, 3.63) is 34.9 Å². The molecule has 1 aromatic carbocycles. The quantitative estimate of drug-likeness (QED) is 0.915. The largest absolute Gasteiger partial charge is 0.349 e. The maximum atomic E-state index is 12.5. The number of carbonyl (C=O) groups is 1. The summed E-state index contributed by atoms with van der Waals surface area (Å²) in [6.07, 6.45) is 2.38. The molecule has 0 spiro atoms. The molecule has 0 aromatic heterocycles. The zero-order valence-corrected chi connectivity index (χ0v) is 15.1. The fourth-order valence-electron chi connectivity index (χ4n) is 3.09. The molecule has 1 heterocycles. The SMILES string of the molecule is Cc1ccc(C)c([C@@H](C)NC(=O)C2CCN(S(C)(=O)=O)CC2)c1. The standard InChI is InChI=1S/C17H26N2O3S/c1-12-5-6-13(2)16(11-12)14(3)18-17(20)15-7-9-19(10-8-15)23(4,21)22/h5-6,11,14-15H,7-10H2,1-4H3,(H,18,20)/t14-/m1/s1. The smallest absolute Gasteiger partial charge is 0.223 e. The number of nitrogens with zero attached hydrogens (tertiary/aromatic N) is 1. The van der Waals surface area contributed by atoms with Crippen LogP contribution in [0.4, 0.5) is 0 Å². The minimum atomic E-state index is -3.15. The summed E-state index contributed by atoms with van der Waals surface area (Å²) in [5.74, 6) is -0.0906. The number of hydrogen-bond donors (Lipinski definition) is 1. The van der Waals surface area contributed by atoms with E-state index in [2.05, 4.69) is 23.5 Å². The van der Waals surface area contributed by atoms with E-state index < -0.39 is 10.0 Å². The van der Waals surface area contributed by atoms with E-state index in [0.717, 1.165) is 11.1 Å². The Morgan fingerprint density at radius 1 is 1.26 bits per heavy atom. The molecule has 1 amide bonds. The van der Waals surface area contributed by atoms with Crippen LogP contribution in [0.2, 0.25) is 0 Å². The van der Waals surface area contributed by atoms with Crippen molar-refractivity contribution >= 4 is 15.9 Å². The Bertz CT molecular complexity index is 677. The molecule has 0 saturated carbocycles. The summed E-state index contributed by atoms with van der Waals surface area (Å²) < 4.78 is 24.5. The molecule has 23 heavy (non-hydrogen) atoms. The highest BCUT2D eigenvalue weighted by molar-refractivity contribution is 7.88. The minimum Gasteiger partial charge on any atom is -0.349 e. The van der Waals surface area contributed by atoms with E-state index in [1.54, 1.807) is 0 Å². The number of sulfonamides is 1. The molecular formula is C17H26N2O3S. The second-order valence-corrected chi connectivity index (χ2v) is 8.51. The highest BCUT2D eigenvalue weighted by Gasteiger charge is 2.29. The van der Waals surface area contributed by atoms with Crippen molar-refractivity contribution in [3.63, 3.8) is 0 Å². The van der Waals surface area contributed by atoms with E-state index in [0.29, 0.717) is 25.9 Å². The molecule has 1 aliphatic rings. The molecule has 0 bridgehead atoms. The van der Waals surface area contributed by atoms with Gasteiger partial charge in [0.25, 0.3) is 0 Å². The zero-order valence-electron chi connectivity index (χ0n) is 14.3. The molecule has 1 saturated heterocycles. The van der Waals surface area contributed by atoms with Gasteiger partial charge in [-0.3, -0.25) is 4.79 Å². The summed E-state index contributed by atoms with van der Waals surface area (Å²) in [6.45, 7) is 6.93. The lowest BCUT2D eigenvalue weighted by Gasteiger charge is -2.30. The van der Waals surface area contributed by atoms with Gasteiger partial charge in [-0.05, 0) is 44.7 Å². The second-order valence-electron chi connectivity index (χ2n) is 6.53. The average molecular weight is 338 g/mol. The Balaban J connectivity index is 1.96. The maximum Gasteiger partial charge on any atom is 0.223 e. The third kappa shape index (κ3) is 4.54. The Morgan fingerprint density at radius 2 is 1.87 bits per heavy atom. The molecule has 1 atom stereocenters. The summed E-state index contributed by atoms with van der Waals surface area (Å²) in [5, 5.41) is 3.08. The van der Waals surface area contributed by atoms with Crippen molar-refractivity contribution in [2.24, 2.45) is 5.92 Å². The van der Waals surface area contributed by atoms with Crippen molar-refractivity contribution < 1.29 is 13.2 Å². The molecule has 0 unspecified atom stereocenters. The summed E-state index contributed by atoms with van der Waals surface area (Å²) in [6, 6.07) is 6.19. The normalized spacial score (nSPS) is 18.6. The van der Waals surface area contributed by atoms with E-state index in [9.17, 15) is 13.2 Å². The average Bonchev–Trinajstić information content (AvgIpc) is 2.48. The highest BCUT2D eigenvalue weighted by Crippen LogP contribution is 2.23. The lowest BCUT2D eigenvalue weighted by Crippen LogP contribution is -2.43. The first kappa shape index (κ1) is 17.9. The van der Waals surface area contributed by atoms with Crippen LogP contribution >= 0.6 is 0 Å². The van der Waals surface area contributed by atoms with Crippen molar-refractivity contribution in [2.75, 3.05) is 19.3 Å². The minimum absolute atomic E-state index is 0.0200. The van der Waals surface area contributed by atoms with Crippen molar-refractivity contribution in [3.8, 4) is 0 Å². The van der Waals surface area contributed by atoms with Crippen LogP contribution in [0.1, 0.15) is 42.5 Å². The zero-order chi connectivity index (χ0) is 17.2. The fourth-order valence-corrected chi connectivity index (χ4v) is 3.96. The first-order valence-electron chi connectivity index (χ1n) is 8.01. The molecule has 0 radical (unpaired) electrons. The van der Waals surface area contributed by atoms with Gasteiger partial charge < -0.3 is 5.32 Å². The lowest BCUT2D eigenvalue weighted by molar-refractivity contribution is -0.126. The van der Waals surface area contributed by atoms with Gasteiger partial charge in [0.15, 0.2) is 0 Å². The predicted octanol–water partition coefficient (Wildman–Crippen LogP) is 2.15. The maximum absolute atomic E-state index is 12.5. The summed E-state index contributed by atoms with van der Waals surface area (Å²) >= 11 is 0. The number of amides is 1. The summed E-state index contributed by atoms with van der Waals surface area (Å²) in [5.41, 5.74) is 3.47. The molecule has 6 heteroatoms. The highest BCUT2D eigenvalue weighted by atomic mass is 32.2. The van der Waals surface area contributed by atoms with Gasteiger partial charge in [-0.1, -0.05) is 23.8 Å². The van der Waals surface area contributed by atoms with Gasteiger partial charge in [0.1, 0.15) is 0 Å². The number of piperidine rings is 1. The fraction of sp³-hybridized carbons (Fsp3) is 0.588. The molecule has 2 rings (SSSR count). The lowest BCUT2D eigenvalue weighted by atomic mass is 9.95.